The van der Waals surface area contributed by atoms with Gasteiger partial charge in [-0.1, -0.05) is 36.9 Å². The smallest absolute Gasteiger partial charge is 0.0600 e. The van der Waals surface area contributed by atoms with Crippen molar-refractivity contribution in [3.63, 3.8) is 0 Å². The molecule has 2 nitrogen and oxygen atoms in total. The fourth-order valence-electron chi connectivity index (χ4n) is 1.89. The van der Waals surface area contributed by atoms with Crippen molar-refractivity contribution in [2.45, 2.75) is 20.3 Å². The Balaban J connectivity index is 2.01. The average molecular weight is 238 g/mol. The van der Waals surface area contributed by atoms with E-state index in [1.54, 1.807) is 0 Å². The second kappa shape index (κ2) is 5.50. The largest absolute Gasteiger partial charge is 0.245 e. The summed E-state index contributed by atoms with van der Waals surface area (Å²) in [4.78, 5) is 0. The Morgan fingerprint density at radius 1 is 1.28 bits per heavy atom. The molecule has 0 aliphatic heterocycles. The highest BCUT2D eigenvalue weighted by Gasteiger charge is 1.97. The Labute approximate surface area is 108 Å². The van der Waals surface area contributed by atoms with Crippen molar-refractivity contribution in [2.75, 3.05) is 0 Å². The molecule has 2 heteroatoms. The maximum Gasteiger partial charge on any atom is 0.0600 e. The van der Waals surface area contributed by atoms with Gasteiger partial charge in [0.2, 0.25) is 0 Å². The predicted molar refractivity (Wildman–Crippen MR) is 76.3 cm³/mol. The van der Waals surface area contributed by atoms with Crippen LogP contribution in [0.3, 0.4) is 0 Å². The number of aryl methyl sites for hydroxylation is 2. The number of hydrogen-bond acceptors (Lipinski definition) is 1. The van der Waals surface area contributed by atoms with Gasteiger partial charge in [0, 0.05) is 11.9 Å². The van der Waals surface area contributed by atoms with Gasteiger partial charge in [0.1, 0.15) is 0 Å². The van der Waals surface area contributed by atoms with Gasteiger partial charge in [-0.3, -0.25) is 0 Å². The first kappa shape index (κ1) is 12.4. The molecular formula is C16H18N2. The highest BCUT2D eigenvalue weighted by molar-refractivity contribution is 5.36. The first-order valence-corrected chi connectivity index (χ1v) is 6.08. The Kier molecular flexibility index (Phi) is 3.78. The normalized spacial score (nSPS) is 11.0. The summed E-state index contributed by atoms with van der Waals surface area (Å²) in [5.74, 6) is 0. The quantitative estimate of drug-likeness (QED) is 0.741. The lowest BCUT2D eigenvalue weighted by molar-refractivity contribution is 0.879. The van der Waals surface area contributed by atoms with Gasteiger partial charge >= 0.3 is 0 Å². The standard InChI is InChI=1S/C16H18N2/c1-13(11-16-7-5-4-6-8-16)9-10-18-15(3)12-14(2)17-18/h4-10,12H,1,11H2,2-3H3/b10-9+. The van der Waals surface area contributed by atoms with E-state index in [0.29, 0.717) is 0 Å². The molecule has 0 saturated heterocycles. The van der Waals surface area contributed by atoms with E-state index in [1.165, 1.54) is 5.56 Å². The lowest BCUT2D eigenvalue weighted by Gasteiger charge is -2.01. The van der Waals surface area contributed by atoms with Gasteiger partial charge in [0.15, 0.2) is 0 Å². The van der Waals surface area contributed by atoms with E-state index in [2.05, 4.69) is 29.9 Å². The molecule has 2 aromatic rings. The van der Waals surface area contributed by atoms with E-state index in [0.717, 1.165) is 23.4 Å². The lowest BCUT2D eigenvalue weighted by Crippen LogP contribution is -1.93. The fourth-order valence-corrected chi connectivity index (χ4v) is 1.89. The van der Waals surface area contributed by atoms with E-state index >= 15 is 0 Å². The number of nitrogens with zero attached hydrogens (tertiary/aromatic N) is 2. The first-order valence-electron chi connectivity index (χ1n) is 6.08. The van der Waals surface area contributed by atoms with E-state index < -0.39 is 0 Å². The molecule has 0 aliphatic carbocycles. The van der Waals surface area contributed by atoms with Gasteiger partial charge < -0.3 is 0 Å². The molecule has 0 fully saturated rings. The Morgan fingerprint density at radius 3 is 2.61 bits per heavy atom. The molecule has 0 aliphatic rings. The topological polar surface area (TPSA) is 17.8 Å². The van der Waals surface area contributed by atoms with Crippen LogP contribution in [0.25, 0.3) is 6.20 Å². The van der Waals surface area contributed by atoms with Crippen LogP contribution in [0.2, 0.25) is 0 Å². The van der Waals surface area contributed by atoms with E-state index in [1.807, 2.05) is 49.0 Å². The highest BCUT2D eigenvalue weighted by Crippen LogP contribution is 2.09. The van der Waals surface area contributed by atoms with Crippen LogP contribution < -0.4 is 0 Å². The minimum Gasteiger partial charge on any atom is -0.245 e. The van der Waals surface area contributed by atoms with Crippen LogP contribution in [0.1, 0.15) is 17.0 Å². The molecule has 0 unspecified atom stereocenters. The number of hydrogen-bond donors (Lipinski definition) is 0. The van der Waals surface area contributed by atoms with Crippen LogP contribution in [0.5, 0.6) is 0 Å². The Morgan fingerprint density at radius 2 is 2.00 bits per heavy atom. The summed E-state index contributed by atoms with van der Waals surface area (Å²) in [6.07, 6.45) is 4.86. The minimum absolute atomic E-state index is 0.872. The SMILES string of the molecule is C=C(/C=C/n1nc(C)cc1C)Cc1ccccc1. The molecule has 18 heavy (non-hydrogen) atoms. The molecule has 2 rings (SSSR count). The van der Waals surface area contributed by atoms with Gasteiger partial charge in [-0.15, -0.1) is 0 Å². The third-order valence-electron chi connectivity index (χ3n) is 2.77. The summed E-state index contributed by atoms with van der Waals surface area (Å²) in [6.45, 7) is 8.12. The van der Waals surface area contributed by atoms with Crippen molar-refractivity contribution in [1.29, 1.82) is 0 Å². The molecule has 0 radical (unpaired) electrons. The Bertz CT molecular complexity index is 562. The first-order chi connectivity index (χ1) is 8.65. The summed E-state index contributed by atoms with van der Waals surface area (Å²) in [5, 5.41) is 4.38. The zero-order chi connectivity index (χ0) is 13.0. The van der Waals surface area contributed by atoms with Gasteiger partial charge in [0.05, 0.1) is 5.69 Å². The zero-order valence-electron chi connectivity index (χ0n) is 10.9. The molecule has 1 aromatic carbocycles. The highest BCUT2D eigenvalue weighted by atomic mass is 15.3. The third kappa shape index (κ3) is 3.20. The van der Waals surface area contributed by atoms with E-state index in [-0.39, 0.29) is 0 Å². The molecule has 1 aromatic heterocycles. The van der Waals surface area contributed by atoms with Gasteiger partial charge in [0.25, 0.3) is 0 Å². The molecule has 92 valence electrons. The number of benzene rings is 1. The van der Waals surface area contributed by atoms with Gasteiger partial charge in [-0.2, -0.15) is 5.10 Å². The molecule has 1 heterocycles. The third-order valence-corrected chi connectivity index (χ3v) is 2.77. The van der Waals surface area contributed by atoms with E-state index in [4.69, 9.17) is 0 Å². The van der Waals surface area contributed by atoms with Crippen LogP contribution in [-0.4, -0.2) is 9.78 Å². The molecule has 0 spiro atoms. The summed E-state index contributed by atoms with van der Waals surface area (Å²) >= 11 is 0. The summed E-state index contributed by atoms with van der Waals surface area (Å²) in [7, 11) is 0. The maximum atomic E-state index is 4.38. The average Bonchev–Trinajstić information content (AvgIpc) is 2.66. The Hall–Kier alpha value is -2.09. The lowest BCUT2D eigenvalue weighted by atomic mass is 10.1. The molecular weight excluding hydrogens is 220 g/mol. The molecule has 0 bridgehead atoms. The van der Waals surface area contributed by atoms with Crippen molar-refractivity contribution in [3.8, 4) is 0 Å². The molecule has 0 N–H and O–H groups in total. The van der Waals surface area contributed by atoms with Gasteiger partial charge in [-0.25, -0.2) is 4.68 Å². The molecule has 0 saturated carbocycles. The molecule has 0 atom stereocenters. The van der Waals surface area contributed by atoms with Gasteiger partial charge in [-0.05, 0) is 43.5 Å². The number of allylic oxidation sites excluding steroid dienone is 2. The van der Waals surface area contributed by atoms with Crippen molar-refractivity contribution < 1.29 is 0 Å². The van der Waals surface area contributed by atoms with Crippen LogP contribution in [0.4, 0.5) is 0 Å². The minimum atomic E-state index is 0.872. The second-order valence-corrected chi connectivity index (χ2v) is 4.51. The maximum absolute atomic E-state index is 4.38. The second-order valence-electron chi connectivity index (χ2n) is 4.51. The summed E-state index contributed by atoms with van der Waals surface area (Å²) in [5.41, 5.74) is 4.52. The van der Waals surface area contributed by atoms with E-state index in [9.17, 15) is 0 Å². The summed E-state index contributed by atoms with van der Waals surface area (Å²) in [6, 6.07) is 12.4. The zero-order valence-corrected chi connectivity index (χ0v) is 10.9. The fraction of sp³-hybridized carbons (Fsp3) is 0.188. The number of aromatic nitrogens is 2. The predicted octanol–water partition coefficient (Wildman–Crippen LogP) is 3.77. The van der Waals surface area contributed by atoms with Crippen molar-refractivity contribution in [3.05, 3.63) is 71.6 Å². The monoisotopic (exact) mass is 238 g/mol. The van der Waals surface area contributed by atoms with Crippen molar-refractivity contribution in [2.24, 2.45) is 0 Å². The van der Waals surface area contributed by atoms with Crippen LogP contribution in [0.15, 0.2) is 54.6 Å². The van der Waals surface area contributed by atoms with Crippen LogP contribution >= 0.6 is 0 Å². The summed E-state index contributed by atoms with van der Waals surface area (Å²) < 4.78 is 1.88. The van der Waals surface area contributed by atoms with Crippen molar-refractivity contribution >= 4 is 6.20 Å². The van der Waals surface area contributed by atoms with Crippen molar-refractivity contribution in [1.82, 2.24) is 9.78 Å². The van der Waals surface area contributed by atoms with Crippen LogP contribution in [-0.2, 0) is 6.42 Å². The number of rotatable bonds is 4. The molecule has 0 amide bonds. The van der Waals surface area contributed by atoms with Crippen LogP contribution in [0, 0.1) is 13.8 Å².